The molecule has 1 N–H and O–H groups in total. The number of nitrogens with zero attached hydrogens (tertiary/aromatic N) is 1. The average molecular weight is 439 g/mol. The maximum Gasteiger partial charge on any atom is 0.231 e. The van der Waals surface area contributed by atoms with Crippen LogP contribution in [0, 0.1) is 5.92 Å². The Morgan fingerprint density at radius 3 is 2.79 bits per heavy atom. The summed E-state index contributed by atoms with van der Waals surface area (Å²) in [5.41, 5.74) is 3.99. The van der Waals surface area contributed by atoms with E-state index >= 15 is 0 Å². The molecule has 7 heteroatoms. The fraction of sp³-hybridized carbons (Fsp3) is 0.455. The molecule has 0 amide bonds. The molecule has 158 valence electrons. The van der Waals surface area contributed by atoms with Crippen molar-refractivity contribution in [1.82, 2.24) is 5.32 Å². The van der Waals surface area contributed by atoms with Crippen molar-refractivity contribution < 1.29 is 14.2 Å². The Hall–Kier alpha value is -1.66. The van der Waals surface area contributed by atoms with Crippen LogP contribution in [0.1, 0.15) is 24.2 Å². The molecule has 0 saturated carbocycles. The second-order valence-electron chi connectivity index (χ2n) is 7.64. The van der Waals surface area contributed by atoms with Crippen molar-refractivity contribution in [1.29, 1.82) is 0 Å². The van der Waals surface area contributed by atoms with Gasteiger partial charge in [-0.25, -0.2) is 0 Å². The Balaban J connectivity index is 0.00000120. The average Bonchev–Trinajstić information content (AvgIpc) is 3.21. The molecule has 0 aromatic heterocycles. The number of piperazine rings is 1. The molecular weight excluding hydrogens is 411 g/mol. The molecular formula is C22H28Cl2N2O3. The van der Waals surface area contributed by atoms with Crippen LogP contribution in [0.4, 0.5) is 5.69 Å². The van der Waals surface area contributed by atoms with E-state index in [1.807, 2.05) is 6.07 Å². The van der Waals surface area contributed by atoms with Gasteiger partial charge in [-0.3, -0.25) is 0 Å². The van der Waals surface area contributed by atoms with Crippen molar-refractivity contribution >= 4 is 30.5 Å². The van der Waals surface area contributed by atoms with Crippen LogP contribution in [-0.4, -0.2) is 39.1 Å². The summed E-state index contributed by atoms with van der Waals surface area (Å²) in [5.74, 6) is 2.08. The van der Waals surface area contributed by atoms with Crippen LogP contribution in [-0.2, 0) is 11.2 Å². The lowest BCUT2D eigenvalue weighted by Gasteiger charge is -2.41. The predicted octanol–water partition coefficient (Wildman–Crippen LogP) is 3.99. The Kier molecular flexibility index (Phi) is 7.17. The van der Waals surface area contributed by atoms with Crippen molar-refractivity contribution in [3.05, 3.63) is 53.6 Å². The summed E-state index contributed by atoms with van der Waals surface area (Å²) in [7, 11) is 0. The molecule has 0 bridgehead atoms. The summed E-state index contributed by atoms with van der Waals surface area (Å²) < 4.78 is 17.2. The smallest absolute Gasteiger partial charge is 0.231 e. The largest absolute Gasteiger partial charge is 0.454 e. The number of nitrogens with one attached hydrogen (secondary N) is 1. The van der Waals surface area contributed by atoms with Crippen LogP contribution in [0.5, 0.6) is 11.5 Å². The Morgan fingerprint density at radius 1 is 1.07 bits per heavy atom. The van der Waals surface area contributed by atoms with Gasteiger partial charge in [0.25, 0.3) is 0 Å². The number of hydrogen-bond donors (Lipinski definition) is 1. The lowest BCUT2D eigenvalue weighted by atomic mass is 9.85. The van der Waals surface area contributed by atoms with Gasteiger partial charge >= 0.3 is 0 Å². The Morgan fingerprint density at radius 2 is 1.90 bits per heavy atom. The minimum absolute atomic E-state index is 0. The molecule has 2 aromatic rings. The molecule has 5 rings (SSSR count). The summed E-state index contributed by atoms with van der Waals surface area (Å²) in [4.78, 5) is 2.44. The van der Waals surface area contributed by atoms with Crippen molar-refractivity contribution in [3.63, 3.8) is 0 Å². The summed E-state index contributed by atoms with van der Waals surface area (Å²) in [6.45, 7) is 6.36. The number of benzene rings is 2. The highest BCUT2D eigenvalue weighted by atomic mass is 35.5. The molecule has 29 heavy (non-hydrogen) atoms. The van der Waals surface area contributed by atoms with Gasteiger partial charge in [0.15, 0.2) is 11.5 Å². The number of ether oxygens (including phenoxy) is 3. The summed E-state index contributed by atoms with van der Waals surface area (Å²) in [6.07, 6.45) is 1.17. The maximum atomic E-state index is 6.23. The number of anilines is 1. The number of halogens is 2. The second kappa shape index (κ2) is 9.43. The molecule has 0 aliphatic carbocycles. The molecule has 1 saturated heterocycles. The molecule has 2 aromatic carbocycles. The molecule has 3 heterocycles. The Labute approximate surface area is 184 Å². The lowest BCUT2D eigenvalue weighted by Crippen LogP contribution is -2.54. The predicted molar refractivity (Wildman–Crippen MR) is 119 cm³/mol. The first-order chi connectivity index (χ1) is 13.3. The molecule has 0 radical (unpaired) electrons. The minimum Gasteiger partial charge on any atom is -0.454 e. The Bertz CT molecular complexity index is 835. The minimum atomic E-state index is 0. The van der Waals surface area contributed by atoms with Crippen LogP contribution in [0.2, 0.25) is 0 Å². The van der Waals surface area contributed by atoms with Gasteiger partial charge in [0.2, 0.25) is 6.79 Å². The third kappa shape index (κ3) is 4.29. The van der Waals surface area contributed by atoms with Crippen LogP contribution < -0.4 is 19.7 Å². The third-order valence-corrected chi connectivity index (χ3v) is 6.07. The third-order valence-electron chi connectivity index (χ3n) is 6.07. The second-order valence-corrected chi connectivity index (χ2v) is 7.64. The lowest BCUT2D eigenvalue weighted by molar-refractivity contribution is -0.00539. The molecule has 1 fully saturated rings. The first kappa shape index (κ1) is 22.0. The van der Waals surface area contributed by atoms with Gasteiger partial charge in [-0.1, -0.05) is 31.2 Å². The quantitative estimate of drug-likeness (QED) is 0.784. The van der Waals surface area contributed by atoms with E-state index < -0.39 is 0 Å². The summed E-state index contributed by atoms with van der Waals surface area (Å²) >= 11 is 0. The van der Waals surface area contributed by atoms with Crippen LogP contribution in [0.3, 0.4) is 0 Å². The molecule has 3 atom stereocenters. The number of hydrogen-bond acceptors (Lipinski definition) is 5. The molecule has 5 nitrogen and oxygen atoms in total. The molecule has 3 unspecified atom stereocenters. The fourth-order valence-electron chi connectivity index (χ4n) is 4.52. The number of rotatable bonds is 3. The van der Waals surface area contributed by atoms with Crippen molar-refractivity contribution in [2.75, 3.05) is 37.9 Å². The van der Waals surface area contributed by atoms with Crippen molar-refractivity contribution in [3.8, 4) is 11.5 Å². The fourth-order valence-corrected chi connectivity index (χ4v) is 4.52. The van der Waals surface area contributed by atoms with Gasteiger partial charge in [0.1, 0.15) is 0 Å². The zero-order valence-electron chi connectivity index (χ0n) is 16.5. The molecule has 3 aliphatic rings. The SMILES string of the molecule is CC(C1CN(c2ccc3c(c2)OCO3)CCN1)C1OCCc2ccccc21.Cl.Cl. The highest BCUT2D eigenvalue weighted by Gasteiger charge is 2.34. The van der Waals surface area contributed by atoms with E-state index in [0.29, 0.717) is 18.8 Å². The molecule has 3 aliphatic heterocycles. The monoisotopic (exact) mass is 438 g/mol. The first-order valence-corrected chi connectivity index (χ1v) is 9.87. The first-order valence-electron chi connectivity index (χ1n) is 9.87. The topological polar surface area (TPSA) is 43.0 Å². The summed E-state index contributed by atoms with van der Waals surface area (Å²) in [5, 5.41) is 3.72. The van der Waals surface area contributed by atoms with Gasteiger partial charge < -0.3 is 24.4 Å². The highest BCUT2D eigenvalue weighted by Crippen LogP contribution is 2.38. The normalized spacial score (nSPS) is 23.4. The van der Waals surface area contributed by atoms with Crippen LogP contribution >= 0.6 is 24.8 Å². The van der Waals surface area contributed by atoms with Crippen molar-refractivity contribution in [2.45, 2.75) is 25.5 Å². The van der Waals surface area contributed by atoms with Crippen molar-refractivity contribution in [2.24, 2.45) is 5.92 Å². The van der Waals surface area contributed by atoms with Crippen LogP contribution in [0.15, 0.2) is 42.5 Å². The van der Waals surface area contributed by atoms with E-state index in [-0.39, 0.29) is 30.9 Å². The van der Waals surface area contributed by atoms with Gasteiger partial charge in [-0.2, -0.15) is 0 Å². The van der Waals surface area contributed by atoms with E-state index in [1.165, 1.54) is 16.8 Å². The van der Waals surface area contributed by atoms with Gasteiger partial charge in [-0.05, 0) is 29.7 Å². The van der Waals surface area contributed by atoms with Gasteiger partial charge in [0, 0.05) is 43.3 Å². The van der Waals surface area contributed by atoms with E-state index in [9.17, 15) is 0 Å². The van der Waals surface area contributed by atoms with Crippen LogP contribution in [0.25, 0.3) is 0 Å². The molecule has 0 spiro atoms. The van der Waals surface area contributed by atoms with E-state index in [0.717, 1.165) is 44.2 Å². The van der Waals surface area contributed by atoms with Gasteiger partial charge in [-0.15, -0.1) is 24.8 Å². The van der Waals surface area contributed by atoms with E-state index in [4.69, 9.17) is 14.2 Å². The zero-order valence-corrected chi connectivity index (χ0v) is 18.1. The standard InChI is InChI=1S/C22H26N2O3.2ClH/c1-15(22-18-5-3-2-4-16(18)8-11-25-22)19-13-24(10-9-23-19)17-6-7-20-21(12-17)27-14-26-20;;/h2-7,12,15,19,22-23H,8-11,13-14H2,1H3;2*1H. The van der Waals surface area contributed by atoms with Gasteiger partial charge in [0.05, 0.1) is 12.7 Å². The summed E-state index contributed by atoms with van der Waals surface area (Å²) in [6, 6.07) is 15.3. The zero-order chi connectivity index (χ0) is 18.2. The highest BCUT2D eigenvalue weighted by molar-refractivity contribution is 5.85. The van der Waals surface area contributed by atoms with E-state index in [1.54, 1.807) is 0 Å². The van der Waals surface area contributed by atoms with E-state index in [2.05, 4.69) is 53.5 Å². The maximum absolute atomic E-state index is 6.23. The number of fused-ring (bicyclic) bond motifs is 2.